The second-order valence-corrected chi connectivity index (χ2v) is 8.60. The van der Waals surface area contributed by atoms with Crippen molar-refractivity contribution in [2.45, 2.75) is 38.1 Å². The van der Waals surface area contributed by atoms with Gasteiger partial charge in [0.2, 0.25) is 10.0 Å². The zero-order valence-electron chi connectivity index (χ0n) is 15.2. The van der Waals surface area contributed by atoms with Gasteiger partial charge in [-0.1, -0.05) is 13.8 Å². The smallest absolute Gasteiger partial charge is 0.250 e. The van der Waals surface area contributed by atoms with E-state index in [1.807, 2.05) is 6.07 Å². The van der Waals surface area contributed by atoms with Crippen molar-refractivity contribution in [3.63, 3.8) is 0 Å². The van der Waals surface area contributed by atoms with E-state index in [0.717, 1.165) is 16.8 Å². The number of thiazole rings is 1. The van der Waals surface area contributed by atoms with Crippen molar-refractivity contribution in [1.29, 1.82) is 5.26 Å². The van der Waals surface area contributed by atoms with Crippen molar-refractivity contribution in [3.05, 3.63) is 44.8 Å². The maximum absolute atomic E-state index is 12.6. The standard InChI is InChI=1S/C17H20N4O4S2/c1-4-21(5-2)27(24,25)13-6-7-16(23)20(9-13)10-15(22)14(8-18)17-19-12(3)11-26-17/h6-7,9,11,14H,4-5,10H2,1-3H3/t14-/m1/s1. The van der Waals surface area contributed by atoms with Crippen molar-refractivity contribution >= 4 is 27.1 Å². The molecule has 2 rings (SSSR count). The molecule has 0 saturated carbocycles. The molecule has 8 nitrogen and oxygen atoms in total. The molecule has 0 spiro atoms. The van der Waals surface area contributed by atoms with Gasteiger partial charge in [0.15, 0.2) is 11.7 Å². The first kappa shape index (κ1) is 21.0. The molecule has 0 N–H and O–H groups in total. The van der Waals surface area contributed by atoms with Crippen LogP contribution in [-0.2, 0) is 21.4 Å². The number of aryl methyl sites for hydroxylation is 1. The number of nitriles is 1. The van der Waals surface area contributed by atoms with Crippen LogP contribution in [0.4, 0.5) is 0 Å². The maximum atomic E-state index is 12.6. The topological polar surface area (TPSA) is 113 Å². The van der Waals surface area contributed by atoms with Crippen molar-refractivity contribution < 1.29 is 13.2 Å². The third-order valence-corrected chi connectivity index (χ3v) is 7.02. The molecule has 0 saturated heterocycles. The van der Waals surface area contributed by atoms with E-state index < -0.39 is 33.8 Å². The molecule has 2 aromatic heterocycles. The number of carbonyl (C=O) groups excluding carboxylic acids is 1. The van der Waals surface area contributed by atoms with E-state index in [2.05, 4.69) is 4.98 Å². The highest BCUT2D eigenvalue weighted by molar-refractivity contribution is 7.89. The lowest BCUT2D eigenvalue weighted by atomic mass is 10.1. The summed E-state index contributed by atoms with van der Waals surface area (Å²) in [7, 11) is -3.76. The first-order chi connectivity index (χ1) is 12.7. The van der Waals surface area contributed by atoms with Gasteiger partial charge in [-0.05, 0) is 13.0 Å². The summed E-state index contributed by atoms with van der Waals surface area (Å²) >= 11 is 1.20. The molecule has 0 amide bonds. The number of sulfonamides is 1. The summed E-state index contributed by atoms with van der Waals surface area (Å²) in [4.78, 5) is 28.7. The number of rotatable bonds is 8. The molecule has 0 aliphatic heterocycles. The third kappa shape index (κ3) is 4.50. The molecule has 2 heterocycles. The predicted molar refractivity (Wildman–Crippen MR) is 101 cm³/mol. The molecular formula is C17H20N4O4S2. The van der Waals surface area contributed by atoms with E-state index in [9.17, 15) is 23.3 Å². The fraction of sp³-hybridized carbons (Fsp3) is 0.412. The van der Waals surface area contributed by atoms with Gasteiger partial charge in [0.1, 0.15) is 5.01 Å². The molecule has 0 fully saturated rings. The zero-order valence-corrected chi connectivity index (χ0v) is 16.9. The quantitative estimate of drug-likeness (QED) is 0.654. The summed E-state index contributed by atoms with van der Waals surface area (Å²) in [6.45, 7) is 5.36. The van der Waals surface area contributed by atoms with Crippen molar-refractivity contribution in [2.75, 3.05) is 13.1 Å². The lowest BCUT2D eigenvalue weighted by Gasteiger charge is -2.19. The van der Waals surface area contributed by atoms with Gasteiger partial charge >= 0.3 is 0 Å². The fourth-order valence-corrected chi connectivity index (χ4v) is 4.87. The van der Waals surface area contributed by atoms with Crippen LogP contribution in [0.15, 0.2) is 33.4 Å². The maximum Gasteiger partial charge on any atom is 0.250 e. The SMILES string of the molecule is CCN(CC)S(=O)(=O)c1ccc(=O)n(CC(=O)[C@@H](C#N)c2nc(C)cs2)c1. The van der Waals surface area contributed by atoms with Gasteiger partial charge in [0, 0.05) is 36.4 Å². The Balaban J connectivity index is 2.35. The Morgan fingerprint density at radius 1 is 1.37 bits per heavy atom. The van der Waals surface area contributed by atoms with Gasteiger partial charge in [0.25, 0.3) is 5.56 Å². The highest BCUT2D eigenvalue weighted by Gasteiger charge is 2.26. The Kier molecular flexibility index (Phi) is 6.64. The number of pyridine rings is 1. The number of ketones is 1. The predicted octanol–water partition coefficient (Wildman–Crippen LogP) is 1.52. The molecule has 1 atom stereocenters. The Hall–Kier alpha value is -2.35. The van der Waals surface area contributed by atoms with Crippen molar-refractivity contribution in [1.82, 2.24) is 13.9 Å². The molecule has 0 aliphatic rings. The number of carbonyl (C=O) groups is 1. The van der Waals surface area contributed by atoms with E-state index in [1.165, 1.54) is 21.7 Å². The number of Topliss-reactive ketones (excluding diaryl/α,β-unsaturated/α-hetero) is 1. The second-order valence-electron chi connectivity index (χ2n) is 5.78. The third-order valence-electron chi connectivity index (χ3n) is 3.96. The van der Waals surface area contributed by atoms with Gasteiger partial charge in [0.05, 0.1) is 17.5 Å². The molecule has 0 radical (unpaired) electrons. The lowest BCUT2D eigenvalue weighted by molar-refractivity contribution is -0.120. The van der Waals surface area contributed by atoms with Crippen LogP contribution in [0.5, 0.6) is 0 Å². The van der Waals surface area contributed by atoms with E-state index in [0.29, 0.717) is 10.7 Å². The van der Waals surface area contributed by atoms with Gasteiger partial charge < -0.3 is 4.57 Å². The first-order valence-electron chi connectivity index (χ1n) is 8.29. The van der Waals surface area contributed by atoms with Crippen molar-refractivity contribution in [2.24, 2.45) is 0 Å². The summed E-state index contributed by atoms with van der Waals surface area (Å²) < 4.78 is 27.5. The number of aromatic nitrogens is 2. The highest BCUT2D eigenvalue weighted by Crippen LogP contribution is 2.21. The average molecular weight is 409 g/mol. The minimum atomic E-state index is -3.76. The molecular weight excluding hydrogens is 388 g/mol. The summed E-state index contributed by atoms with van der Waals surface area (Å²) in [6, 6.07) is 4.24. The van der Waals surface area contributed by atoms with Crippen LogP contribution in [0.1, 0.15) is 30.5 Å². The van der Waals surface area contributed by atoms with Crippen LogP contribution in [0.2, 0.25) is 0 Å². The Morgan fingerprint density at radius 3 is 2.56 bits per heavy atom. The number of nitrogens with zero attached hydrogens (tertiary/aromatic N) is 4. The van der Waals surface area contributed by atoms with E-state index >= 15 is 0 Å². The van der Waals surface area contributed by atoms with E-state index in [1.54, 1.807) is 26.2 Å². The lowest BCUT2D eigenvalue weighted by Crippen LogP contribution is -2.32. The van der Waals surface area contributed by atoms with Crippen LogP contribution >= 0.6 is 11.3 Å². The zero-order chi connectivity index (χ0) is 20.2. The van der Waals surface area contributed by atoms with Crippen LogP contribution in [0, 0.1) is 18.3 Å². The minimum absolute atomic E-state index is 0.0720. The van der Waals surface area contributed by atoms with E-state index in [4.69, 9.17) is 0 Å². The number of hydrogen-bond donors (Lipinski definition) is 0. The summed E-state index contributed by atoms with van der Waals surface area (Å²) in [5.74, 6) is -1.62. The number of hydrogen-bond acceptors (Lipinski definition) is 7. The highest BCUT2D eigenvalue weighted by atomic mass is 32.2. The molecule has 0 unspecified atom stereocenters. The van der Waals surface area contributed by atoms with Gasteiger partial charge in [-0.2, -0.15) is 9.57 Å². The van der Waals surface area contributed by atoms with Crippen LogP contribution in [0.25, 0.3) is 0 Å². The summed E-state index contributed by atoms with van der Waals surface area (Å²) in [5, 5.41) is 11.4. The summed E-state index contributed by atoms with van der Waals surface area (Å²) in [6.07, 6.45) is 1.15. The minimum Gasteiger partial charge on any atom is -0.307 e. The van der Waals surface area contributed by atoms with Crippen molar-refractivity contribution in [3.8, 4) is 6.07 Å². The molecule has 0 bridgehead atoms. The average Bonchev–Trinajstić information content (AvgIpc) is 3.04. The fourth-order valence-electron chi connectivity index (χ4n) is 2.53. The molecule has 0 aliphatic carbocycles. The molecule has 10 heteroatoms. The van der Waals surface area contributed by atoms with Crippen LogP contribution in [0.3, 0.4) is 0 Å². The largest absolute Gasteiger partial charge is 0.307 e. The molecule has 2 aromatic rings. The monoisotopic (exact) mass is 408 g/mol. The normalized spacial score (nSPS) is 12.7. The first-order valence-corrected chi connectivity index (χ1v) is 10.6. The van der Waals surface area contributed by atoms with Gasteiger partial charge in [-0.3, -0.25) is 9.59 Å². The van der Waals surface area contributed by atoms with Gasteiger partial charge in [-0.25, -0.2) is 13.4 Å². The molecule has 27 heavy (non-hydrogen) atoms. The van der Waals surface area contributed by atoms with Crippen LogP contribution in [-0.4, -0.2) is 41.1 Å². The Bertz CT molecular complexity index is 1030. The van der Waals surface area contributed by atoms with Gasteiger partial charge in [-0.15, -0.1) is 11.3 Å². The summed E-state index contributed by atoms with van der Waals surface area (Å²) in [5.41, 5.74) is 0.182. The van der Waals surface area contributed by atoms with E-state index in [-0.39, 0.29) is 18.0 Å². The Labute approximate surface area is 161 Å². The Morgan fingerprint density at radius 2 is 2.04 bits per heavy atom. The molecule has 144 valence electrons. The second kappa shape index (κ2) is 8.56. The van der Waals surface area contributed by atoms with Crippen LogP contribution < -0.4 is 5.56 Å². The molecule has 0 aromatic carbocycles.